The van der Waals surface area contributed by atoms with Gasteiger partial charge in [0.05, 0.1) is 11.4 Å². The van der Waals surface area contributed by atoms with Gasteiger partial charge in [-0.3, -0.25) is 10.4 Å². The summed E-state index contributed by atoms with van der Waals surface area (Å²) < 4.78 is 0. The lowest BCUT2D eigenvalue weighted by Crippen LogP contribution is -2.25. The molecule has 3 N–H and O–H groups in total. The minimum absolute atomic E-state index is 0.166. The predicted molar refractivity (Wildman–Crippen MR) is 65.6 cm³/mol. The van der Waals surface area contributed by atoms with Crippen LogP contribution in [0.5, 0.6) is 0 Å². The molecule has 1 heterocycles. The maximum atomic E-state index is 5.31. The average molecular weight is 222 g/mol. The Bertz CT molecular complexity index is 348. The Morgan fingerprint density at radius 1 is 1.60 bits per heavy atom. The second kappa shape index (κ2) is 6.08. The molecule has 1 aromatic heterocycles. The standard InChI is InChI=1S/C10H14N4S/c1-2-5-9(13-14-10(11)15)8-6-3-4-7-12-8/h3-4,6-7H,2,5H2,1H3,(H3,11,14,15). The lowest BCUT2D eigenvalue weighted by molar-refractivity contribution is 0.945. The molecule has 0 unspecified atom stereocenters. The molecule has 0 amide bonds. The van der Waals surface area contributed by atoms with Gasteiger partial charge in [0.25, 0.3) is 0 Å². The van der Waals surface area contributed by atoms with Crippen LogP contribution >= 0.6 is 12.2 Å². The van der Waals surface area contributed by atoms with Crippen LogP contribution < -0.4 is 11.2 Å². The fraction of sp³-hybridized carbons (Fsp3) is 0.300. The number of nitrogens with zero attached hydrogens (tertiary/aromatic N) is 2. The van der Waals surface area contributed by atoms with Crippen LogP contribution in [-0.2, 0) is 0 Å². The summed E-state index contributed by atoms with van der Waals surface area (Å²) >= 11 is 4.69. The van der Waals surface area contributed by atoms with Crippen molar-refractivity contribution < 1.29 is 0 Å². The van der Waals surface area contributed by atoms with E-state index >= 15 is 0 Å². The van der Waals surface area contributed by atoms with Crippen LogP contribution in [0.25, 0.3) is 0 Å². The van der Waals surface area contributed by atoms with Gasteiger partial charge in [-0.1, -0.05) is 19.4 Å². The summed E-state index contributed by atoms with van der Waals surface area (Å²) in [5, 5.41) is 4.29. The summed E-state index contributed by atoms with van der Waals surface area (Å²) in [7, 11) is 0. The van der Waals surface area contributed by atoms with Gasteiger partial charge in [-0.15, -0.1) is 0 Å². The average Bonchev–Trinajstić information content (AvgIpc) is 2.25. The lowest BCUT2D eigenvalue weighted by atomic mass is 10.1. The topological polar surface area (TPSA) is 63.3 Å². The Morgan fingerprint density at radius 3 is 2.93 bits per heavy atom. The molecule has 0 saturated carbocycles. The Morgan fingerprint density at radius 2 is 2.40 bits per heavy atom. The zero-order valence-electron chi connectivity index (χ0n) is 8.60. The van der Waals surface area contributed by atoms with Gasteiger partial charge in [-0.2, -0.15) is 5.10 Å². The van der Waals surface area contributed by atoms with Crippen molar-refractivity contribution in [1.82, 2.24) is 10.4 Å². The number of hydrogen-bond acceptors (Lipinski definition) is 3. The summed E-state index contributed by atoms with van der Waals surface area (Å²) in [5.74, 6) is 0. The molecular weight excluding hydrogens is 208 g/mol. The molecule has 0 fully saturated rings. The number of nitrogens with one attached hydrogen (secondary N) is 1. The van der Waals surface area contributed by atoms with E-state index in [-0.39, 0.29) is 5.11 Å². The van der Waals surface area contributed by atoms with Gasteiger partial charge >= 0.3 is 0 Å². The Balaban J connectivity index is 2.83. The largest absolute Gasteiger partial charge is 0.375 e. The minimum atomic E-state index is 0.166. The fourth-order valence-electron chi connectivity index (χ4n) is 1.13. The molecule has 0 aliphatic rings. The molecule has 0 radical (unpaired) electrons. The second-order valence-electron chi connectivity index (χ2n) is 3.00. The normalized spacial score (nSPS) is 11.1. The van der Waals surface area contributed by atoms with Crippen molar-refractivity contribution in [3.8, 4) is 0 Å². The monoisotopic (exact) mass is 222 g/mol. The Kier molecular flexibility index (Phi) is 4.70. The van der Waals surface area contributed by atoms with Crippen LogP contribution in [0.15, 0.2) is 29.5 Å². The third-order valence-electron chi connectivity index (χ3n) is 1.75. The van der Waals surface area contributed by atoms with E-state index in [9.17, 15) is 0 Å². The number of rotatable bonds is 4. The van der Waals surface area contributed by atoms with Gasteiger partial charge < -0.3 is 5.73 Å². The van der Waals surface area contributed by atoms with Crippen LogP contribution in [-0.4, -0.2) is 15.8 Å². The first-order valence-electron chi connectivity index (χ1n) is 4.77. The molecule has 0 aliphatic carbocycles. The first-order valence-corrected chi connectivity index (χ1v) is 5.18. The third-order valence-corrected chi connectivity index (χ3v) is 1.84. The van der Waals surface area contributed by atoms with E-state index in [1.165, 1.54) is 0 Å². The highest BCUT2D eigenvalue weighted by Gasteiger charge is 2.03. The first kappa shape index (κ1) is 11.6. The SMILES string of the molecule is CCCC(=NNC(N)=S)c1ccccn1. The number of aromatic nitrogens is 1. The zero-order chi connectivity index (χ0) is 11.1. The van der Waals surface area contributed by atoms with Gasteiger partial charge in [0, 0.05) is 6.20 Å². The highest BCUT2D eigenvalue weighted by molar-refractivity contribution is 7.80. The van der Waals surface area contributed by atoms with Gasteiger partial charge in [-0.25, -0.2) is 0 Å². The molecule has 0 bridgehead atoms. The molecule has 5 heteroatoms. The minimum Gasteiger partial charge on any atom is -0.375 e. The lowest BCUT2D eigenvalue weighted by Gasteiger charge is -2.04. The maximum Gasteiger partial charge on any atom is 0.184 e. The molecule has 0 atom stereocenters. The number of pyridine rings is 1. The predicted octanol–water partition coefficient (Wildman–Crippen LogP) is 1.42. The van der Waals surface area contributed by atoms with Crippen LogP contribution in [0.3, 0.4) is 0 Å². The number of nitrogens with two attached hydrogens (primary N) is 1. The Labute approximate surface area is 94.6 Å². The van der Waals surface area contributed by atoms with E-state index in [1.54, 1.807) is 6.20 Å². The van der Waals surface area contributed by atoms with Crippen molar-refractivity contribution in [3.05, 3.63) is 30.1 Å². The van der Waals surface area contributed by atoms with Gasteiger partial charge in [0.2, 0.25) is 0 Å². The van der Waals surface area contributed by atoms with Crippen molar-refractivity contribution in [1.29, 1.82) is 0 Å². The van der Waals surface area contributed by atoms with Crippen LogP contribution in [0.2, 0.25) is 0 Å². The first-order chi connectivity index (χ1) is 7.24. The molecule has 0 aliphatic heterocycles. The number of hydrazone groups is 1. The molecule has 0 saturated heterocycles. The van der Waals surface area contributed by atoms with Crippen LogP contribution in [0, 0.1) is 0 Å². The molecule has 1 rings (SSSR count). The quantitative estimate of drug-likeness (QED) is 0.459. The molecule has 1 aromatic rings. The van der Waals surface area contributed by atoms with E-state index in [4.69, 9.17) is 5.73 Å². The van der Waals surface area contributed by atoms with Crippen molar-refractivity contribution >= 4 is 23.0 Å². The summed E-state index contributed by atoms with van der Waals surface area (Å²) in [5.41, 5.74) is 9.61. The number of thiocarbonyl (C=S) groups is 1. The zero-order valence-corrected chi connectivity index (χ0v) is 9.42. The molecule has 4 nitrogen and oxygen atoms in total. The summed E-state index contributed by atoms with van der Waals surface area (Å²) in [6.07, 6.45) is 3.57. The Hall–Kier alpha value is -1.49. The highest BCUT2D eigenvalue weighted by atomic mass is 32.1. The van der Waals surface area contributed by atoms with Gasteiger partial charge in [0.15, 0.2) is 5.11 Å². The summed E-state index contributed by atoms with van der Waals surface area (Å²) in [4.78, 5) is 4.22. The highest BCUT2D eigenvalue weighted by Crippen LogP contribution is 2.02. The molecule has 0 aromatic carbocycles. The van der Waals surface area contributed by atoms with Crippen molar-refractivity contribution in [2.75, 3.05) is 0 Å². The van der Waals surface area contributed by atoms with Crippen molar-refractivity contribution in [3.63, 3.8) is 0 Å². The molecule has 15 heavy (non-hydrogen) atoms. The molecule has 80 valence electrons. The van der Waals surface area contributed by atoms with E-state index in [0.29, 0.717) is 0 Å². The van der Waals surface area contributed by atoms with Gasteiger partial charge in [0.1, 0.15) is 0 Å². The number of hydrogen-bond donors (Lipinski definition) is 2. The van der Waals surface area contributed by atoms with Gasteiger partial charge in [-0.05, 0) is 30.8 Å². The van der Waals surface area contributed by atoms with E-state index in [0.717, 1.165) is 24.2 Å². The van der Waals surface area contributed by atoms with Crippen molar-refractivity contribution in [2.24, 2.45) is 10.8 Å². The third kappa shape index (κ3) is 4.03. The maximum absolute atomic E-state index is 5.31. The molecule has 0 spiro atoms. The second-order valence-corrected chi connectivity index (χ2v) is 3.44. The van der Waals surface area contributed by atoms with E-state index < -0.39 is 0 Å². The van der Waals surface area contributed by atoms with Crippen LogP contribution in [0.4, 0.5) is 0 Å². The smallest absolute Gasteiger partial charge is 0.184 e. The fourth-order valence-corrected chi connectivity index (χ4v) is 1.18. The van der Waals surface area contributed by atoms with Crippen molar-refractivity contribution in [2.45, 2.75) is 19.8 Å². The summed E-state index contributed by atoms with van der Waals surface area (Å²) in [6, 6.07) is 5.71. The van der Waals surface area contributed by atoms with E-state index in [2.05, 4.69) is 34.7 Å². The molecular formula is C10H14N4S. The van der Waals surface area contributed by atoms with E-state index in [1.807, 2.05) is 18.2 Å². The van der Waals surface area contributed by atoms with Crippen LogP contribution in [0.1, 0.15) is 25.5 Å². The summed E-state index contributed by atoms with van der Waals surface area (Å²) in [6.45, 7) is 2.08.